The van der Waals surface area contributed by atoms with Gasteiger partial charge in [-0.2, -0.15) is 5.26 Å². The number of anilines is 2. The standard InChI is InChI=1S/C43H48ClN7O6/c1-47(30-7-11-33(12-8-30)57-34-10-4-28(26-45)37(44)25-34)29-5-2-27(3-6-29)41(54)50-22-20-49(21-23-50)31-16-18-48(19-17-31)32-9-13-35-36(24-32)43(56)51(42(35)55)38-14-15-39(52)46-40(38)53/h2-6,9-10,13,24-25,30-31,33,38,42,55H,7-8,11-12,14-23H2,1H3,(H,46,52,53). The number of carbonyl (C=O) groups excluding carboxylic acids is 4. The molecule has 298 valence electrons. The maximum absolute atomic E-state index is 13.5. The Morgan fingerprint density at radius 1 is 0.895 bits per heavy atom. The van der Waals surface area contributed by atoms with E-state index in [-0.39, 0.29) is 30.8 Å². The van der Waals surface area contributed by atoms with Crippen LogP contribution in [0.3, 0.4) is 0 Å². The van der Waals surface area contributed by atoms with Crippen molar-refractivity contribution in [2.24, 2.45) is 0 Å². The predicted octanol–water partition coefficient (Wildman–Crippen LogP) is 4.72. The second-order valence-electron chi connectivity index (χ2n) is 15.8. The molecular weight excluding hydrogens is 746 g/mol. The van der Waals surface area contributed by atoms with Crippen LogP contribution in [0.15, 0.2) is 60.7 Å². The van der Waals surface area contributed by atoms with Gasteiger partial charge in [-0.3, -0.25) is 34.3 Å². The van der Waals surface area contributed by atoms with Crippen LogP contribution in [0.2, 0.25) is 5.02 Å². The summed E-state index contributed by atoms with van der Waals surface area (Å²) in [4.78, 5) is 61.3. The number of ether oxygens (including phenoxy) is 1. The third kappa shape index (κ3) is 7.91. The molecule has 2 N–H and O–H groups in total. The summed E-state index contributed by atoms with van der Waals surface area (Å²) >= 11 is 6.19. The van der Waals surface area contributed by atoms with Gasteiger partial charge in [-0.1, -0.05) is 17.7 Å². The Hall–Kier alpha value is -5.16. The van der Waals surface area contributed by atoms with E-state index in [1.54, 1.807) is 24.3 Å². The number of nitriles is 1. The molecule has 57 heavy (non-hydrogen) atoms. The first-order valence-electron chi connectivity index (χ1n) is 20.0. The highest BCUT2D eigenvalue weighted by atomic mass is 35.5. The number of halogens is 1. The van der Waals surface area contributed by atoms with Crippen LogP contribution in [-0.4, -0.2) is 114 Å². The Morgan fingerprint density at radius 3 is 2.28 bits per heavy atom. The van der Waals surface area contributed by atoms with Crippen molar-refractivity contribution in [2.75, 3.05) is 56.1 Å². The minimum Gasteiger partial charge on any atom is -0.490 e. The first-order valence-corrected chi connectivity index (χ1v) is 20.4. The lowest BCUT2D eigenvalue weighted by Crippen LogP contribution is -2.54. The quantitative estimate of drug-likeness (QED) is 0.307. The van der Waals surface area contributed by atoms with E-state index in [4.69, 9.17) is 21.6 Å². The molecule has 0 radical (unpaired) electrons. The molecule has 8 rings (SSSR count). The number of aliphatic hydroxyl groups excluding tert-OH is 1. The zero-order valence-corrected chi connectivity index (χ0v) is 32.9. The first kappa shape index (κ1) is 38.7. The Morgan fingerprint density at radius 2 is 1.61 bits per heavy atom. The molecule has 1 saturated carbocycles. The summed E-state index contributed by atoms with van der Waals surface area (Å²) in [5.74, 6) is -0.560. The number of hydrogen-bond acceptors (Lipinski definition) is 10. The average Bonchev–Trinajstić information content (AvgIpc) is 3.48. The molecule has 14 heteroatoms. The van der Waals surface area contributed by atoms with Crippen LogP contribution in [0, 0.1) is 11.3 Å². The monoisotopic (exact) mass is 793 g/mol. The van der Waals surface area contributed by atoms with Gasteiger partial charge >= 0.3 is 0 Å². The van der Waals surface area contributed by atoms with Gasteiger partial charge in [0.25, 0.3) is 11.8 Å². The summed E-state index contributed by atoms with van der Waals surface area (Å²) in [6.07, 6.45) is 4.93. The van der Waals surface area contributed by atoms with Gasteiger partial charge in [0.05, 0.1) is 16.7 Å². The molecule has 4 heterocycles. The number of rotatable bonds is 8. The highest BCUT2D eigenvalue weighted by Crippen LogP contribution is 2.38. The lowest BCUT2D eigenvalue weighted by molar-refractivity contribution is -0.139. The van der Waals surface area contributed by atoms with E-state index in [0.29, 0.717) is 58.2 Å². The molecule has 4 aliphatic heterocycles. The smallest absolute Gasteiger partial charge is 0.257 e. The van der Waals surface area contributed by atoms with E-state index >= 15 is 0 Å². The van der Waals surface area contributed by atoms with Crippen molar-refractivity contribution in [1.29, 1.82) is 5.26 Å². The van der Waals surface area contributed by atoms with Crippen LogP contribution < -0.4 is 19.9 Å². The Bertz CT molecular complexity index is 2070. The van der Waals surface area contributed by atoms with Gasteiger partial charge in [0.15, 0.2) is 6.23 Å². The van der Waals surface area contributed by atoms with Crippen molar-refractivity contribution in [3.05, 3.63) is 87.9 Å². The van der Waals surface area contributed by atoms with Gasteiger partial charge in [0, 0.05) is 99.0 Å². The summed E-state index contributed by atoms with van der Waals surface area (Å²) in [6.45, 7) is 4.64. The lowest BCUT2D eigenvalue weighted by Gasteiger charge is -2.43. The van der Waals surface area contributed by atoms with E-state index < -0.39 is 24.1 Å². The van der Waals surface area contributed by atoms with Gasteiger partial charge in [-0.25, -0.2) is 0 Å². The van der Waals surface area contributed by atoms with E-state index in [1.807, 2.05) is 41.3 Å². The van der Waals surface area contributed by atoms with Crippen LogP contribution in [-0.2, 0) is 9.59 Å². The van der Waals surface area contributed by atoms with Crippen LogP contribution >= 0.6 is 11.6 Å². The van der Waals surface area contributed by atoms with Gasteiger partial charge in [-0.05, 0) is 93.5 Å². The highest BCUT2D eigenvalue weighted by molar-refractivity contribution is 6.31. The SMILES string of the molecule is CN(c1ccc(C(=O)N2CCN(C3CCN(c4ccc5c(c4)C(=O)N(C4CCC(=O)NC4=O)C5O)CC3)CC2)cc1)C1CCC(Oc2ccc(C#N)c(Cl)c2)CC1. The summed E-state index contributed by atoms with van der Waals surface area (Å²) in [5, 5.41) is 22.8. The van der Waals surface area contributed by atoms with Gasteiger partial charge < -0.3 is 24.5 Å². The largest absolute Gasteiger partial charge is 0.490 e. The predicted molar refractivity (Wildman–Crippen MR) is 214 cm³/mol. The lowest BCUT2D eigenvalue weighted by atomic mass is 9.91. The van der Waals surface area contributed by atoms with Crippen LogP contribution in [0.5, 0.6) is 5.75 Å². The van der Waals surface area contributed by atoms with Crippen molar-refractivity contribution < 1.29 is 29.0 Å². The molecule has 2 unspecified atom stereocenters. The second-order valence-corrected chi connectivity index (χ2v) is 16.2. The highest BCUT2D eigenvalue weighted by Gasteiger charge is 2.44. The topological polar surface area (TPSA) is 150 Å². The molecule has 4 fully saturated rings. The zero-order chi connectivity index (χ0) is 39.8. The fourth-order valence-corrected chi connectivity index (χ4v) is 9.44. The second kappa shape index (κ2) is 16.4. The Kier molecular flexibility index (Phi) is 11.1. The fraction of sp³-hybridized carbons (Fsp3) is 0.465. The molecule has 13 nitrogen and oxygen atoms in total. The van der Waals surface area contributed by atoms with E-state index in [2.05, 4.69) is 33.1 Å². The summed E-state index contributed by atoms with van der Waals surface area (Å²) in [5.41, 5.74) is 4.02. The third-order valence-corrected chi connectivity index (χ3v) is 12.9. The maximum atomic E-state index is 13.5. The number of nitrogens with zero attached hydrogens (tertiary/aromatic N) is 6. The van der Waals surface area contributed by atoms with E-state index in [0.717, 1.165) is 76.1 Å². The van der Waals surface area contributed by atoms with E-state index in [9.17, 15) is 24.3 Å². The number of piperazine rings is 1. The minimum atomic E-state index is -1.23. The molecule has 2 atom stereocenters. The number of benzene rings is 3. The molecule has 3 aromatic carbocycles. The molecule has 0 spiro atoms. The summed E-state index contributed by atoms with van der Waals surface area (Å²) in [6, 6.07) is 20.7. The normalized spacial score (nSPS) is 24.5. The molecule has 3 saturated heterocycles. The first-order chi connectivity index (χ1) is 27.6. The molecule has 1 aliphatic carbocycles. The fourth-order valence-electron chi connectivity index (χ4n) is 9.23. The number of carbonyl (C=O) groups is 4. The number of piperidine rings is 2. The van der Waals surface area contributed by atoms with Crippen molar-refractivity contribution in [1.82, 2.24) is 20.0 Å². The van der Waals surface area contributed by atoms with Gasteiger partial charge in [0.2, 0.25) is 11.8 Å². The van der Waals surface area contributed by atoms with Crippen molar-refractivity contribution in [3.63, 3.8) is 0 Å². The molecule has 0 aromatic heterocycles. The third-order valence-electron chi connectivity index (χ3n) is 12.6. The summed E-state index contributed by atoms with van der Waals surface area (Å²) < 4.78 is 6.18. The summed E-state index contributed by atoms with van der Waals surface area (Å²) in [7, 11) is 2.11. The van der Waals surface area contributed by atoms with Crippen molar-refractivity contribution >= 4 is 46.6 Å². The number of fused-ring (bicyclic) bond motifs is 1. The molecular formula is C43H48ClN7O6. The van der Waals surface area contributed by atoms with Gasteiger partial charge in [-0.15, -0.1) is 0 Å². The van der Waals surface area contributed by atoms with Crippen molar-refractivity contribution in [2.45, 2.75) is 81.8 Å². The molecule has 5 aliphatic rings. The molecule has 0 bridgehead atoms. The maximum Gasteiger partial charge on any atom is 0.257 e. The van der Waals surface area contributed by atoms with Crippen LogP contribution in [0.4, 0.5) is 11.4 Å². The average molecular weight is 794 g/mol. The van der Waals surface area contributed by atoms with Crippen LogP contribution in [0.1, 0.15) is 89.4 Å². The zero-order valence-electron chi connectivity index (χ0n) is 32.1. The minimum absolute atomic E-state index is 0.0617. The number of imide groups is 1. The number of hydrogen-bond donors (Lipinski definition) is 2. The molecule has 3 aromatic rings. The number of nitrogens with one attached hydrogen (secondary N) is 1. The number of aliphatic hydroxyl groups is 1. The van der Waals surface area contributed by atoms with Crippen molar-refractivity contribution in [3.8, 4) is 11.8 Å². The van der Waals surface area contributed by atoms with Crippen LogP contribution in [0.25, 0.3) is 0 Å². The van der Waals surface area contributed by atoms with Gasteiger partial charge in [0.1, 0.15) is 17.9 Å². The molecule has 4 amide bonds. The van der Waals surface area contributed by atoms with E-state index in [1.165, 1.54) is 4.90 Å². The number of amides is 4. The Labute approximate surface area is 337 Å². The Balaban J connectivity index is 0.783.